The number of amides is 1. The molecule has 32 heavy (non-hydrogen) atoms. The second kappa shape index (κ2) is 8.57. The Morgan fingerprint density at radius 3 is 2.50 bits per heavy atom. The van der Waals surface area contributed by atoms with Crippen LogP contribution in [0.2, 0.25) is 0 Å². The third kappa shape index (κ3) is 4.02. The minimum absolute atomic E-state index is 0.0353. The Labute approximate surface area is 186 Å². The summed E-state index contributed by atoms with van der Waals surface area (Å²) in [6.07, 6.45) is 5.94. The molecule has 2 aromatic rings. The summed E-state index contributed by atoms with van der Waals surface area (Å²) in [5.74, 6) is -0.302. The van der Waals surface area contributed by atoms with Crippen LogP contribution in [0.5, 0.6) is 17.2 Å². The zero-order chi connectivity index (χ0) is 23.0. The topological polar surface area (TPSA) is 105 Å². The summed E-state index contributed by atoms with van der Waals surface area (Å²) in [4.78, 5) is 24.7. The van der Waals surface area contributed by atoms with Gasteiger partial charge < -0.3 is 25.0 Å². The van der Waals surface area contributed by atoms with Crippen molar-refractivity contribution in [3.8, 4) is 17.2 Å². The Morgan fingerprint density at radius 2 is 1.81 bits per heavy atom. The van der Waals surface area contributed by atoms with E-state index in [1.54, 1.807) is 25.1 Å². The Hall–Kier alpha value is -3.48. The lowest BCUT2D eigenvalue weighted by Crippen LogP contribution is -2.23. The van der Waals surface area contributed by atoms with Gasteiger partial charge in [-0.15, -0.1) is 0 Å². The zero-order valence-corrected chi connectivity index (χ0v) is 18.4. The molecule has 2 aliphatic rings. The lowest BCUT2D eigenvalue weighted by Gasteiger charge is -2.23. The summed E-state index contributed by atoms with van der Waals surface area (Å²) < 4.78 is 11.7. The van der Waals surface area contributed by atoms with E-state index in [0.29, 0.717) is 28.2 Å². The maximum atomic E-state index is 12.9. The molecule has 7 heteroatoms. The first-order valence-electron chi connectivity index (χ1n) is 10.8. The van der Waals surface area contributed by atoms with E-state index < -0.39 is 11.9 Å². The number of phenols is 1. The molecule has 7 nitrogen and oxygen atoms in total. The average Bonchev–Trinajstić information content (AvgIpc) is 3.29. The number of nitrogens with one attached hydrogen (secondary N) is 1. The van der Waals surface area contributed by atoms with Crippen molar-refractivity contribution >= 4 is 23.6 Å². The first-order valence-corrected chi connectivity index (χ1v) is 10.8. The lowest BCUT2D eigenvalue weighted by atomic mass is 9.94. The normalized spacial score (nSPS) is 15.5. The molecule has 1 saturated carbocycles. The molecular formula is C25H27NO6. The van der Waals surface area contributed by atoms with Gasteiger partial charge in [0.2, 0.25) is 0 Å². The molecule has 0 unspecified atom stereocenters. The number of rotatable bonds is 5. The van der Waals surface area contributed by atoms with Crippen LogP contribution in [0.1, 0.15) is 58.3 Å². The molecule has 1 aliphatic carbocycles. The molecule has 0 spiro atoms. The smallest absolute Gasteiger partial charge is 0.337 e. The van der Waals surface area contributed by atoms with Gasteiger partial charge in [-0.3, -0.25) is 4.79 Å². The molecule has 1 aliphatic heterocycles. The van der Waals surface area contributed by atoms with Gasteiger partial charge in [-0.25, -0.2) is 4.79 Å². The summed E-state index contributed by atoms with van der Waals surface area (Å²) in [5, 5.41) is 22.7. The Kier molecular flexibility index (Phi) is 5.82. The van der Waals surface area contributed by atoms with Crippen LogP contribution in [-0.2, 0) is 4.79 Å². The maximum absolute atomic E-state index is 12.9. The number of hydrogen-bond acceptors (Lipinski definition) is 5. The highest BCUT2D eigenvalue weighted by Crippen LogP contribution is 2.40. The minimum atomic E-state index is -1.15. The SMILES string of the molecule is Cc1c(C)c2c(c(C)c1O)C=C(C(=O)Nc1ccc(OC3CCCC3)cc1C(=O)O)CO2. The number of benzene rings is 2. The summed E-state index contributed by atoms with van der Waals surface area (Å²) in [6.45, 7) is 5.50. The highest BCUT2D eigenvalue weighted by atomic mass is 16.5. The second-order valence-electron chi connectivity index (χ2n) is 8.42. The van der Waals surface area contributed by atoms with E-state index in [-0.39, 0.29) is 29.7 Å². The molecule has 1 heterocycles. The number of carbonyl (C=O) groups excluding carboxylic acids is 1. The molecule has 1 fully saturated rings. The van der Waals surface area contributed by atoms with Crippen LogP contribution in [-0.4, -0.2) is 34.8 Å². The van der Waals surface area contributed by atoms with Crippen molar-refractivity contribution < 1.29 is 29.3 Å². The van der Waals surface area contributed by atoms with Crippen molar-refractivity contribution in [1.29, 1.82) is 0 Å². The molecule has 0 saturated heterocycles. The minimum Gasteiger partial charge on any atom is -0.507 e. The highest BCUT2D eigenvalue weighted by Gasteiger charge is 2.25. The Bertz CT molecular complexity index is 1130. The number of aromatic hydroxyl groups is 1. The molecular weight excluding hydrogens is 410 g/mol. The second-order valence-corrected chi connectivity index (χ2v) is 8.42. The number of ether oxygens (including phenoxy) is 2. The average molecular weight is 437 g/mol. The maximum Gasteiger partial charge on any atom is 0.337 e. The van der Waals surface area contributed by atoms with Gasteiger partial charge in [-0.05, 0) is 81.9 Å². The molecule has 1 amide bonds. The van der Waals surface area contributed by atoms with Crippen LogP contribution in [0, 0.1) is 20.8 Å². The number of hydrogen-bond donors (Lipinski definition) is 3. The predicted molar refractivity (Wildman–Crippen MR) is 121 cm³/mol. The molecule has 0 aromatic heterocycles. The summed E-state index contributed by atoms with van der Waals surface area (Å²) >= 11 is 0. The van der Waals surface area contributed by atoms with Crippen molar-refractivity contribution in [2.45, 2.75) is 52.6 Å². The van der Waals surface area contributed by atoms with Gasteiger partial charge in [0.1, 0.15) is 23.9 Å². The summed E-state index contributed by atoms with van der Waals surface area (Å²) in [7, 11) is 0. The highest BCUT2D eigenvalue weighted by molar-refractivity contribution is 6.10. The van der Waals surface area contributed by atoms with Crippen LogP contribution < -0.4 is 14.8 Å². The number of aromatic carboxylic acids is 1. The zero-order valence-electron chi connectivity index (χ0n) is 18.4. The Balaban J connectivity index is 1.59. The van der Waals surface area contributed by atoms with E-state index in [2.05, 4.69) is 5.32 Å². The summed E-state index contributed by atoms with van der Waals surface area (Å²) in [6, 6.07) is 4.68. The number of carboxylic acids is 1. The van der Waals surface area contributed by atoms with E-state index in [1.807, 2.05) is 13.8 Å². The van der Waals surface area contributed by atoms with Gasteiger partial charge in [0.05, 0.1) is 22.9 Å². The molecule has 0 atom stereocenters. The van der Waals surface area contributed by atoms with Crippen molar-refractivity contribution in [2.75, 3.05) is 11.9 Å². The molecule has 0 bridgehead atoms. The quantitative estimate of drug-likeness (QED) is 0.623. The monoisotopic (exact) mass is 437 g/mol. The first-order chi connectivity index (χ1) is 15.3. The van der Waals surface area contributed by atoms with Crippen molar-refractivity contribution in [3.63, 3.8) is 0 Å². The largest absolute Gasteiger partial charge is 0.507 e. The van der Waals surface area contributed by atoms with Gasteiger partial charge in [0.25, 0.3) is 5.91 Å². The number of anilines is 1. The molecule has 3 N–H and O–H groups in total. The fourth-order valence-corrected chi connectivity index (χ4v) is 4.27. The van der Waals surface area contributed by atoms with E-state index in [1.165, 1.54) is 6.07 Å². The van der Waals surface area contributed by atoms with Crippen LogP contribution in [0.15, 0.2) is 23.8 Å². The van der Waals surface area contributed by atoms with Crippen molar-refractivity contribution in [2.24, 2.45) is 0 Å². The van der Waals surface area contributed by atoms with E-state index in [4.69, 9.17) is 9.47 Å². The van der Waals surface area contributed by atoms with Crippen LogP contribution in [0.25, 0.3) is 6.08 Å². The van der Waals surface area contributed by atoms with Gasteiger partial charge >= 0.3 is 5.97 Å². The van der Waals surface area contributed by atoms with Crippen LogP contribution in [0.3, 0.4) is 0 Å². The van der Waals surface area contributed by atoms with Crippen LogP contribution in [0.4, 0.5) is 5.69 Å². The molecule has 0 radical (unpaired) electrons. The molecule has 2 aromatic carbocycles. The van der Waals surface area contributed by atoms with Crippen LogP contribution >= 0.6 is 0 Å². The van der Waals surface area contributed by atoms with Gasteiger partial charge in [-0.2, -0.15) is 0 Å². The third-order valence-electron chi connectivity index (χ3n) is 6.32. The molecule has 4 rings (SSSR count). The van der Waals surface area contributed by atoms with Gasteiger partial charge in [-0.1, -0.05) is 0 Å². The van der Waals surface area contributed by atoms with Crippen molar-refractivity contribution in [3.05, 3.63) is 51.6 Å². The number of carboxylic acid groups (broad SMARTS) is 1. The predicted octanol–water partition coefficient (Wildman–Crippen LogP) is 4.75. The Morgan fingerprint density at radius 1 is 1.09 bits per heavy atom. The van der Waals surface area contributed by atoms with Gasteiger partial charge in [0.15, 0.2) is 0 Å². The summed E-state index contributed by atoms with van der Waals surface area (Å²) in [5.41, 5.74) is 3.34. The first kappa shape index (κ1) is 21.7. The third-order valence-corrected chi connectivity index (χ3v) is 6.32. The standard InChI is InChI=1S/C25H27NO6/c1-13-14(2)23-19(15(3)22(13)27)10-16(12-31-23)24(28)26-21-9-8-18(11-20(21)25(29)30)32-17-6-4-5-7-17/h8-11,17,27H,4-7,12H2,1-3H3,(H,26,28)(H,29,30). The van der Waals surface area contributed by atoms with Gasteiger partial charge in [0, 0.05) is 11.1 Å². The number of phenolic OH excluding ortho intramolecular Hbond substituents is 1. The number of carbonyl (C=O) groups is 2. The fourth-order valence-electron chi connectivity index (χ4n) is 4.27. The lowest BCUT2D eigenvalue weighted by molar-refractivity contribution is -0.113. The van der Waals surface area contributed by atoms with Crippen molar-refractivity contribution in [1.82, 2.24) is 0 Å². The molecule has 168 valence electrons. The van der Waals surface area contributed by atoms with E-state index in [9.17, 15) is 19.8 Å². The van der Waals surface area contributed by atoms with E-state index in [0.717, 1.165) is 36.8 Å². The fraction of sp³-hybridized carbons (Fsp3) is 0.360. The van der Waals surface area contributed by atoms with E-state index >= 15 is 0 Å². The number of fused-ring (bicyclic) bond motifs is 1.